The summed E-state index contributed by atoms with van der Waals surface area (Å²) < 4.78 is 0. The van der Waals surface area contributed by atoms with Crippen LogP contribution >= 0.6 is 0 Å². The number of benzene rings is 1. The summed E-state index contributed by atoms with van der Waals surface area (Å²) in [6.07, 6.45) is 3.28. The minimum absolute atomic E-state index is 0.0651. The fourth-order valence-electron chi connectivity index (χ4n) is 3.88. The number of non-ortho nitro benzene ring substituents is 1. The van der Waals surface area contributed by atoms with Crippen LogP contribution in [0.15, 0.2) is 18.2 Å². The quantitative estimate of drug-likeness (QED) is 0.584. The minimum Gasteiger partial charge on any atom is -0.371 e. The van der Waals surface area contributed by atoms with Crippen LogP contribution in [0.3, 0.4) is 0 Å². The second-order valence-corrected chi connectivity index (χ2v) is 7.78. The predicted molar refractivity (Wildman–Crippen MR) is 106 cm³/mol. The van der Waals surface area contributed by atoms with Crippen molar-refractivity contribution in [2.24, 2.45) is 5.92 Å². The lowest BCUT2D eigenvalue weighted by Crippen LogP contribution is -2.51. The van der Waals surface area contributed by atoms with Gasteiger partial charge in [0.25, 0.3) is 11.6 Å². The maximum atomic E-state index is 13.2. The number of nitro groups is 1. The number of carbonyl (C=O) groups excluding carboxylic acids is 2. The van der Waals surface area contributed by atoms with Crippen LogP contribution in [0.1, 0.15) is 43.5 Å². The first-order valence-electron chi connectivity index (χ1n) is 10.00. The van der Waals surface area contributed by atoms with Crippen molar-refractivity contribution in [2.75, 3.05) is 44.2 Å². The molecule has 2 fully saturated rings. The summed E-state index contributed by atoms with van der Waals surface area (Å²) in [5.74, 6) is -0.165. The van der Waals surface area contributed by atoms with Crippen LogP contribution in [0.5, 0.6) is 0 Å². The minimum atomic E-state index is -0.462. The Morgan fingerprint density at radius 2 is 1.57 bits per heavy atom. The molecule has 0 N–H and O–H groups in total. The normalized spacial score (nSPS) is 17.8. The van der Waals surface area contributed by atoms with E-state index >= 15 is 0 Å². The highest BCUT2D eigenvalue weighted by atomic mass is 16.6. The van der Waals surface area contributed by atoms with Gasteiger partial charge in [-0.3, -0.25) is 19.7 Å². The molecule has 2 amide bonds. The number of anilines is 1. The summed E-state index contributed by atoms with van der Waals surface area (Å²) in [6, 6.07) is 4.58. The second-order valence-electron chi connectivity index (χ2n) is 7.78. The molecule has 1 aromatic carbocycles. The third-order valence-electron chi connectivity index (χ3n) is 5.49. The van der Waals surface area contributed by atoms with Crippen LogP contribution in [0, 0.1) is 16.0 Å². The zero-order valence-electron chi connectivity index (χ0n) is 16.6. The van der Waals surface area contributed by atoms with E-state index in [0.29, 0.717) is 31.7 Å². The van der Waals surface area contributed by atoms with Gasteiger partial charge in [-0.1, -0.05) is 13.8 Å². The van der Waals surface area contributed by atoms with Gasteiger partial charge < -0.3 is 14.7 Å². The van der Waals surface area contributed by atoms with Gasteiger partial charge in [-0.15, -0.1) is 0 Å². The van der Waals surface area contributed by atoms with E-state index in [9.17, 15) is 19.7 Å². The lowest BCUT2D eigenvalue weighted by molar-refractivity contribution is -0.384. The average Bonchev–Trinajstić information content (AvgIpc) is 2.73. The van der Waals surface area contributed by atoms with Crippen LogP contribution in [0.2, 0.25) is 0 Å². The zero-order valence-corrected chi connectivity index (χ0v) is 16.6. The maximum Gasteiger partial charge on any atom is 0.270 e. The van der Waals surface area contributed by atoms with E-state index in [2.05, 4.69) is 4.90 Å². The molecule has 0 radical (unpaired) electrons. The maximum absolute atomic E-state index is 13.2. The van der Waals surface area contributed by atoms with Gasteiger partial charge in [0.1, 0.15) is 0 Å². The number of carbonyl (C=O) groups is 2. The van der Waals surface area contributed by atoms with Crippen molar-refractivity contribution >= 4 is 23.2 Å². The average molecular weight is 388 g/mol. The molecule has 1 aromatic rings. The van der Waals surface area contributed by atoms with E-state index in [1.54, 1.807) is 15.9 Å². The molecule has 152 valence electrons. The van der Waals surface area contributed by atoms with Gasteiger partial charge in [-0.05, 0) is 25.3 Å². The highest BCUT2D eigenvalue weighted by Gasteiger charge is 2.29. The summed E-state index contributed by atoms with van der Waals surface area (Å²) in [4.78, 5) is 41.8. The van der Waals surface area contributed by atoms with Crippen LogP contribution < -0.4 is 4.90 Å². The molecule has 0 spiro atoms. The summed E-state index contributed by atoms with van der Waals surface area (Å²) in [5, 5.41) is 11.2. The standard InChI is InChI=1S/C20H28N4O4/c1-15(2)19(25)22-10-12-23(13-11-22)20(26)17-14-16(24(27)28)6-7-18(17)21-8-4-3-5-9-21/h6-7,14-15H,3-5,8-13H2,1-2H3. The molecule has 8 heteroatoms. The second kappa shape index (κ2) is 8.58. The van der Waals surface area contributed by atoms with Crippen LogP contribution in [-0.2, 0) is 4.79 Å². The van der Waals surface area contributed by atoms with Crippen molar-refractivity contribution in [1.29, 1.82) is 0 Å². The SMILES string of the molecule is CC(C)C(=O)N1CCN(C(=O)c2cc([N+](=O)[O-])ccc2N2CCCCC2)CC1. The topological polar surface area (TPSA) is 87.0 Å². The first kappa shape index (κ1) is 20.1. The number of piperazine rings is 1. The van der Waals surface area contributed by atoms with Gasteiger partial charge in [0.05, 0.1) is 16.2 Å². The molecule has 2 aliphatic rings. The van der Waals surface area contributed by atoms with E-state index < -0.39 is 4.92 Å². The smallest absolute Gasteiger partial charge is 0.270 e. The molecule has 0 aromatic heterocycles. The summed E-state index contributed by atoms with van der Waals surface area (Å²) >= 11 is 0. The van der Waals surface area contributed by atoms with Gasteiger partial charge in [-0.2, -0.15) is 0 Å². The number of amides is 2. The van der Waals surface area contributed by atoms with E-state index in [1.807, 2.05) is 13.8 Å². The number of nitro benzene ring substituents is 1. The Bertz CT molecular complexity index is 751. The third-order valence-corrected chi connectivity index (χ3v) is 5.49. The van der Waals surface area contributed by atoms with Crippen LogP contribution in [0.4, 0.5) is 11.4 Å². The molecule has 0 unspecified atom stereocenters. The fourth-order valence-corrected chi connectivity index (χ4v) is 3.88. The Balaban J connectivity index is 1.81. The van der Waals surface area contributed by atoms with Gasteiger partial charge >= 0.3 is 0 Å². The van der Waals surface area contributed by atoms with E-state index in [1.165, 1.54) is 18.6 Å². The predicted octanol–water partition coefficient (Wildman–Crippen LogP) is 2.53. The first-order valence-corrected chi connectivity index (χ1v) is 10.00. The van der Waals surface area contributed by atoms with E-state index in [-0.39, 0.29) is 23.4 Å². The molecule has 3 rings (SSSR count). The molecule has 28 heavy (non-hydrogen) atoms. The number of hydrogen-bond donors (Lipinski definition) is 0. The molecule has 0 saturated carbocycles. The third kappa shape index (κ3) is 4.26. The van der Waals surface area contributed by atoms with Crippen molar-refractivity contribution in [3.8, 4) is 0 Å². The largest absolute Gasteiger partial charge is 0.371 e. The zero-order chi connectivity index (χ0) is 20.3. The van der Waals surface area contributed by atoms with Gasteiger partial charge in [0.2, 0.25) is 5.91 Å². The molecule has 2 aliphatic heterocycles. The van der Waals surface area contributed by atoms with Crippen molar-refractivity contribution in [1.82, 2.24) is 9.80 Å². The highest BCUT2D eigenvalue weighted by molar-refractivity contribution is 6.00. The van der Waals surface area contributed by atoms with Gasteiger partial charge in [-0.25, -0.2) is 0 Å². The van der Waals surface area contributed by atoms with Crippen LogP contribution in [-0.4, -0.2) is 65.8 Å². The lowest BCUT2D eigenvalue weighted by Gasteiger charge is -2.36. The van der Waals surface area contributed by atoms with Gasteiger partial charge in [0.15, 0.2) is 0 Å². The Hall–Kier alpha value is -2.64. The Labute approximate surface area is 165 Å². The molecule has 2 saturated heterocycles. The molecular weight excluding hydrogens is 360 g/mol. The molecule has 0 aliphatic carbocycles. The molecule has 8 nitrogen and oxygen atoms in total. The Morgan fingerprint density at radius 1 is 0.964 bits per heavy atom. The lowest BCUT2D eigenvalue weighted by atomic mass is 10.0. The molecule has 0 bridgehead atoms. The Morgan fingerprint density at radius 3 is 2.14 bits per heavy atom. The summed E-state index contributed by atoms with van der Waals surface area (Å²) in [5.41, 5.74) is 1.09. The number of piperidine rings is 1. The molecule has 2 heterocycles. The van der Waals surface area contributed by atoms with E-state index in [0.717, 1.165) is 31.6 Å². The number of nitrogens with zero attached hydrogens (tertiary/aromatic N) is 4. The number of hydrogen-bond acceptors (Lipinski definition) is 5. The monoisotopic (exact) mass is 388 g/mol. The van der Waals surface area contributed by atoms with Crippen molar-refractivity contribution in [2.45, 2.75) is 33.1 Å². The van der Waals surface area contributed by atoms with E-state index in [4.69, 9.17) is 0 Å². The summed E-state index contributed by atoms with van der Waals surface area (Å²) in [6.45, 7) is 7.33. The Kier molecular flexibility index (Phi) is 6.16. The first-order chi connectivity index (χ1) is 13.4. The van der Waals surface area contributed by atoms with Gasteiger partial charge in [0, 0.05) is 57.3 Å². The summed E-state index contributed by atoms with van der Waals surface area (Å²) in [7, 11) is 0. The van der Waals surface area contributed by atoms with Crippen molar-refractivity contribution in [3.63, 3.8) is 0 Å². The highest BCUT2D eigenvalue weighted by Crippen LogP contribution is 2.29. The van der Waals surface area contributed by atoms with Crippen LogP contribution in [0.25, 0.3) is 0 Å². The molecular formula is C20H28N4O4. The van der Waals surface area contributed by atoms with Crippen molar-refractivity contribution in [3.05, 3.63) is 33.9 Å². The number of rotatable bonds is 4. The molecule has 0 atom stereocenters. The fraction of sp³-hybridized carbons (Fsp3) is 0.600. The van der Waals surface area contributed by atoms with Crippen molar-refractivity contribution < 1.29 is 14.5 Å².